The fraction of sp³-hybridized carbons (Fsp3) is 0.438. The molecule has 1 amide bonds. The molecule has 0 bridgehead atoms. The summed E-state index contributed by atoms with van der Waals surface area (Å²) in [6.45, 7) is 2.52. The number of rotatable bonds is 5. The van der Waals surface area contributed by atoms with Gasteiger partial charge in [-0.25, -0.2) is 0 Å². The number of hydrogen-bond acceptors (Lipinski definition) is 6. The fourth-order valence-electron chi connectivity index (χ4n) is 2.40. The van der Waals surface area contributed by atoms with Crippen molar-refractivity contribution in [2.24, 2.45) is 0 Å². The molecule has 1 saturated heterocycles. The summed E-state index contributed by atoms with van der Waals surface area (Å²) in [5, 5.41) is 3.96. The molecule has 0 saturated carbocycles. The minimum absolute atomic E-state index is 0.0949. The summed E-state index contributed by atoms with van der Waals surface area (Å²) in [6.07, 6.45) is 0.809. The first-order valence-electron chi connectivity index (χ1n) is 7.59. The van der Waals surface area contributed by atoms with Gasteiger partial charge in [-0.15, -0.1) is 0 Å². The van der Waals surface area contributed by atoms with E-state index in [4.69, 9.17) is 14.0 Å². The van der Waals surface area contributed by atoms with Gasteiger partial charge in [0.15, 0.2) is 0 Å². The van der Waals surface area contributed by atoms with Crippen molar-refractivity contribution in [2.45, 2.75) is 12.8 Å². The first kappa shape index (κ1) is 15.5. The summed E-state index contributed by atoms with van der Waals surface area (Å²) in [5.74, 6) is 1.85. The molecule has 3 rings (SSSR count). The zero-order chi connectivity index (χ0) is 16.1. The van der Waals surface area contributed by atoms with Gasteiger partial charge in [0, 0.05) is 31.5 Å². The number of aryl methyl sites for hydroxylation is 1. The van der Waals surface area contributed by atoms with E-state index >= 15 is 0 Å². The number of hydrogen-bond donors (Lipinski definition) is 0. The van der Waals surface area contributed by atoms with Crippen LogP contribution in [0.5, 0.6) is 5.75 Å². The van der Waals surface area contributed by atoms with E-state index in [0.717, 1.165) is 11.3 Å². The number of ether oxygens (including phenoxy) is 2. The third-order valence-electron chi connectivity index (χ3n) is 3.73. The van der Waals surface area contributed by atoms with Crippen LogP contribution in [0.3, 0.4) is 0 Å². The molecule has 0 radical (unpaired) electrons. The molecule has 0 aliphatic carbocycles. The van der Waals surface area contributed by atoms with Crippen LogP contribution in [-0.2, 0) is 16.0 Å². The average Bonchev–Trinajstić information content (AvgIpc) is 3.09. The van der Waals surface area contributed by atoms with Crippen LogP contribution in [0.25, 0.3) is 11.4 Å². The van der Waals surface area contributed by atoms with Gasteiger partial charge in [0.1, 0.15) is 5.75 Å². The van der Waals surface area contributed by atoms with Crippen molar-refractivity contribution in [3.8, 4) is 17.1 Å². The topological polar surface area (TPSA) is 77.7 Å². The minimum atomic E-state index is 0.0949. The van der Waals surface area contributed by atoms with E-state index in [9.17, 15) is 4.79 Å². The van der Waals surface area contributed by atoms with Crippen LogP contribution in [0.2, 0.25) is 0 Å². The molecule has 1 aliphatic heterocycles. The second kappa shape index (κ2) is 7.23. The van der Waals surface area contributed by atoms with Gasteiger partial charge < -0.3 is 18.9 Å². The maximum absolute atomic E-state index is 12.1. The smallest absolute Gasteiger partial charge is 0.227 e. The highest BCUT2D eigenvalue weighted by atomic mass is 16.5. The number of aromatic nitrogens is 2. The number of amides is 1. The number of nitrogens with zero attached hydrogens (tertiary/aromatic N) is 3. The number of methoxy groups -OCH3 is 1. The van der Waals surface area contributed by atoms with E-state index in [0.29, 0.717) is 50.9 Å². The Morgan fingerprint density at radius 3 is 2.70 bits per heavy atom. The Kier molecular flexibility index (Phi) is 4.87. The highest BCUT2D eigenvalue weighted by Gasteiger charge is 2.18. The number of morpholine rings is 1. The first-order valence-corrected chi connectivity index (χ1v) is 7.59. The third-order valence-corrected chi connectivity index (χ3v) is 3.73. The van der Waals surface area contributed by atoms with Crippen molar-refractivity contribution in [3.63, 3.8) is 0 Å². The lowest BCUT2D eigenvalue weighted by molar-refractivity contribution is -0.135. The summed E-state index contributed by atoms with van der Waals surface area (Å²) in [5.41, 5.74) is 0.848. The molecule has 1 aromatic carbocycles. The summed E-state index contributed by atoms with van der Waals surface area (Å²) in [6, 6.07) is 7.42. The molecule has 122 valence electrons. The van der Waals surface area contributed by atoms with E-state index in [1.165, 1.54) is 0 Å². The molecular weight excluding hydrogens is 298 g/mol. The molecule has 0 spiro atoms. The Labute approximate surface area is 134 Å². The average molecular weight is 317 g/mol. The van der Waals surface area contributed by atoms with Crippen molar-refractivity contribution < 1.29 is 18.8 Å². The predicted molar refractivity (Wildman–Crippen MR) is 82.0 cm³/mol. The molecule has 7 nitrogen and oxygen atoms in total. The highest BCUT2D eigenvalue weighted by molar-refractivity contribution is 5.76. The van der Waals surface area contributed by atoms with Crippen molar-refractivity contribution >= 4 is 5.91 Å². The molecule has 2 aromatic rings. The molecule has 2 heterocycles. The van der Waals surface area contributed by atoms with Gasteiger partial charge in [0.25, 0.3) is 0 Å². The van der Waals surface area contributed by atoms with Gasteiger partial charge in [-0.2, -0.15) is 4.98 Å². The van der Waals surface area contributed by atoms with Gasteiger partial charge in [0.05, 0.1) is 20.3 Å². The Morgan fingerprint density at radius 1 is 1.26 bits per heavy atom. The van der Waals surface area contributed by atoms with Crippen LogP contribution in [-0.4, -0.2) is 54.4 Å². The molecule has 0 atom stereocenters. The van der Waals surface area contributed by atoms with Crippen LogP contribution in [0.15, 0.2) is 28.8 Å². The minimum Gasteiger partial charge on any atom is -0.497 e. The largest absolute Gasteiger partial charge is 0.497 e. The van der Waals surface area contributed by atoms with Crippen LogP contribution in [0, 0.1) is 0 Å². The zero-order valence-electron chi connectivity index (χ0n) is 13.0. The molecule has 1 aliphatic rings. The van der Waals surface area contributed by atoms with Crippen LogP contribution in [0.4, 0.5) is 0 Å². The Balaban J connectivity index is 1.57. The maximum Gasteiger partial charge on any atom is 0.227 e. The SMILES string of the molecule is COc1ccc(-c2noc(CCC(=O)N3CCOCC3)n2)cc1. The van der Waals surface area contributed by atoms with Gasteiger partial charge in [-0.3, -0.25) is 4.79 Å². The van der Waals surface area contributed by atoms with Crippen LogP contribution in [0.1, 0.15) is 12.3 Å². The third kappa shape index (κ3) is 3.87. The summed E-state index contributed by atoms with van der Waals surface area (Å²) in [4.78, 5) is 18.2. The van der Waals surface area contributed by atoms with Gasteiger partial charge in [-0.05, 0) is 24.3 Å². The second-order valence-corrected chi connectivity index (χ2v) is 5.23. The van der Waals surface area contributed by atoms with Crippen LogP contribution >= 0.6 is 0 Å². The highest BCUT2D eigenvalue weighted by Crippen LogP contribution is 2.20. The Morgan fingerprint density at radius 2 is 2.00 bits per heavy atom. The normalized spacial score (nSPS) is 14.7. The first-order chi connectivity index (χ1) is 11.3. The van der Waals surface area contributed by atoms with Crippen molar-refractivity contribution in [2.75, 3.05) is 33.4 Å². The summed E-state index contributed by atoms with van der Waals surface area (Å²) in [7, 11) is 1.62. The van der Waals surface area contributed by atoms with E-state index in [1.807, 2.05) is 29.2 Å². The van der Waals surface area contributed by atoms with Gasteiger partial charge >= 0.3 is 0 Å². The Hall–Kier alpha value is -2.41. The zero-order valence-corrected chi connectivity index (χ0v) is 13.0. The molecule has 23 heavy (non-hydrogen) atoms. The fourth-order valence-corrected chi connectivity index (χ4v) is 2.40. The summed E-state index contributed by atoms with van der Waals surface area (Å²) >= 11 is 0. The quantitative estimate of drug-likeness (QED) is 0.832. The number of benzene rings is 1. The predicted octanol–water partition coefficient (Wildman–Crippen LogP) is 1.54. The second-order valence-electron chi connectivity index (χ2n) is 5.23. The van der Waals surface area contributed by atoms with Crippen molar-refractivity contribution in [3.05, 3.63) is 30.2 Å². The Bertz CT molecular complexity index is 648. The molecule has 0 N–H and O–H groups in total. The van der Waals surface area contributed by atoms with Gasteiger partial charge in [0.2, 0.25) is 17.6 Å². The lowest BCUT2D eigenvalue weighted by Gasteiger charge is -2.26. The van der Waals surface area contributed by atoms with Gasteiger partial charge in [-0.1, -0.05) is 5.16 Å². The standard InChI is InChI=1S/C16H19N3O4/c1-21-13-4-2-12(3-5-13)16-17-14(23-18-16)6-7-15(20)19-8-10-22-11-9-19/h2-5H,6-11H2,1H3. The van der Waals surface area contributed by atoms with Crippen molar-refractivity contribution in [1.82, 2.24) is 15.0 Å². The summed E-state index contributed by atoms with van der Waals surface area (Å²) < 4.78 is 15.6. The van der Waals surface area contributed by atoms with E-state index in [1.54, 1.807) is 7.11 Å². The molecular formula is C16H19N3O4. The lowest BCUT2D eigenvalue weighted by Crippen LogP contribution is -2.40. The number of carbonyl (C=O) groups is 1. The molecule has 1 aromatic heterocycles. The molecule has 1 fully saturated rings. The maximum atomic E-state index is 12.1. The van der Waals surface area contributed by atoms with E-state index in [-0.39, 0.29) is 5.91 Å². The monoisotopic (exact) mass is 317 g/mol. The molecule has 0 unspecified atom stereocenters. The van der Waals surface area contributed by atoms with E-state index in [2.05, 4.69) is 10.1 Å². The van der Waals surface area contributed by atoms with Crippen LogP contribution < -0.4 is 4.74 Å². The molecule has 7 heteroatoms. The number of carbonyl (C=O) groups excluding carboxylic acids is 1. The lowest BCUT2D eigenvalue weighted by atomic mass is 10.2. The van der Waals surface area contributed by atoms with E-state index < -0.39 is 0 Å². The van der Waals surface area contributed by atoms with Crippen molar-refractivity contribution in [1.29, 1.82) is 0 Å².